The molecule has 10 heteroatoms. The molecule has 0 aromatic heterocycles. The minimum Gasteiger partial charge on any atom is -0.454 e. The summed E-state index contributed by atoms with van der Waals surface area (Å²) < 4.78 is 45.9. The van der Waals surface area contributed by atoms with Crippen LogP contribution in [0, 0.1) is 24.4 Å². The molecule has 1 amide bonds. The third-order valence-corrected chi connectivity index (χ3v) is 7.99. The molecular formula is C31H36Cl2F3N3O2. The van der Waals surface area contributed by atoms with Crippen molar-refractivity contribution in [3.63, 3.8) is 0 Å². The van der Waals surface area contributed by atoms with Gasteiger partial charge in [0.25, 0.3) is 0 Å². The average molecular weight is 611 g/mol. The molecule has 2 saturated heterocycles. The summed E-state index contributed by atoms with van der Waals surface area (Å²) in [7, 11) is 0. The number of carbonyl (C=O) groups excluding carboxylic acids is 1. The summed E-state index contributed by atoms with van der Waals surface area (Å²) in [5.74, 6) is -3.15. The summed E-state index contributed by atoms with van der Waals surface area (Å²) in [6, 6.07) is 14.7. The van der Waals surface area contributed by atoms with Gasteiger partial charge in [0.2, 0.25) is 5.91 Å². The maximum absolute atomic E-state index is 13.9. The van der Waals surface area contributed by atoms with Crippen molar-refractivity contribution in [2.45, 2.75) is 57.5 Å². The molecule has 5 rings (SSSR count). The van der Waals surface area contributed by atoms with Crippen LogP contribution in [0.25, 0.3) is 0 Å². The molecule has 1 unspecified atom stereocenters. The molecule has 0 saturated carbocycles. The Bertz CT molecular complexity index is 1330. The highest BCUT2D eigenvalue weighted by atomic mass is 35.5. The molecule has 2 heterocycles. The maximum atomic E-state index is 13.9. The van der Waals surface area contributed by atoms with E-state index in [1.807, 2.05) is 12.1 Å². The number of hydrogen-bond donors (Lipinski definition) is 1. The SMILES string of the molecule is Cc1ccc(N2CCCCC2C(N)=O)cc1C1CCN(Cc2ccc(Oc3cc(F)c(F)cc3F)cc2)CC1.Cl.Cl. The first-order chi connectivity index (χ1) is 18.8. The number of rotatable bonds is 7. The van der Waals surface area contributed by atoms with Crippen LogP contribution >= 0.6 is 24.8 Å². The molecule has 41 heavy (non-hydrogen) atoms. The van der Waals surface area contributed by atoms with Gasteiger partial charge in [0.05, 0.1) is 0 Å². The molecule has 2 N–H and O–H groups in total. The number of likely N-dealkylation sites (tertiary alicyclic amines) is 1. The first-order valence-electron chi connectivity index (χ1n) is 13.6. The molecule has 2 aliphatic heterocycles. The number of aryl methyl sites for hydroxylation is 1. The molecule has 2 aliphatic rings. The summed E-state index contributed by atoms with van der Waals surface area (Å²) in [5, 5.41) is 0. The van der Waals surface area contributed by atoms with Crippen molar-refractivity contribution in [1.29, 1.82) is 0 Å². The number of benzene rings is 3. The van der Waals surface area contributed by atoms with Crippen LogP contribution in [0.4, 0.5) is 18.9 Å². The van der Waals surface area contributed by atoms with Crippen molar-refractivity contribution in [2.24, 2.45) is 5.73 Å². The number of anilines is 1. The smallest absolute Gasteiger partial charge is 0.240 e. The molecule has 5 nitrogen and oxygen atoms in total. The van der Waals surface area contributed by atoms with E-state index in [1.54, 1.807) is 12.1 Å². The minimum absolute atomic E-state index is 0. The van der Waals surface area contributed by atoms with E-state index in [0.29, 0.717) is 23.8 Å². The standard InChI is InChI=1S/C31H34F3N3O2.2ClH/c1-20-5-8-23(37-13-3-2-4-29(37)31(35)38)16-25(20)22-11-14-36(15-12-22)19-21-6-9-24(10-7-21)39-30-18-27(33)26(32)17-28(30)34;;/h5-10,16-18,22,29H,2-4,11-15,19H2,1H3,(H2,35,38);2*1H. The predicted molar refractivity (Wildman–Crippen MR) is 160 cm³/mol. The Morgan fingerprint density at radius 1 is 0.878 bits per heavy atom. The van der Waals surface area contributed by atoms with E-state index >= 15 is 0 Å². The number of halogens is 5. The van der Waals surface area contributed by atoms with E-state index in [2.05, 4.69) is 34.9 Å². The molecule has 1 atom stereocenters. The predicted octanol–water partition coefficient (Wildman–Crippen LogP) is 7.27. The average Bonchev–Trinajstić information content (AvgIpc) is 2.93. The number of primary amides is 1. The van der Waals surface area contributed by atoms with Crippen molar-refractivity contribution < 1.29 is 22.7 Å². The number of nitrogens with zero attached hydrogens (tertiary/aromatic N) is 2. The van der Waals surface area contributed by atoms with Gasteiger partial charge in [-0.3, -0.25) is 9.69 Å². The lowest BCUT2D eigenvalue weighted by molar-refractivity contribution is -0.119. The number of carbonyl (C=O) groups is 1. The van der Waals surface area contributed by atoms with Crippen molar-refractivity contribution in [1.82, 2.24) is 4.90 Å². The van der Waals surface area contributed by atoms with Crippen LogP contribution in [0.1, 0.15) is 54.7 Å². The van der Waals surface area contributed by atoms with Gasteiger partial charge in [-0.1, -0.05) is 18.2 Å². The summed E-state index contributed by atoms with van der Waals surface area (Å²) >= 11 is 0. The fraction of sp³-hybridized carbons (Fsp3) is 0.387. The van der Waals surface area contributed by atoms with Crippen LogP contribution in [-0.4, -0.2) is 36.5 Å². The van der Waals surface area contributed by atoms with Crippen LogP contribution in [-0.2, 0) is 11.3 Å². The lowest BCUT2D eigenvalue weighted by Gasteiger charge is -2.37. The van der Waals surface area contributed by atoms with Crippen LogP contribution in [0.5, 0.6) is 11.5 Å². The largest absolute Gasteiger partial charge is 0.454 e. The quantitative estimate of drug-likeness (QED) is 0.286. The second-order valence-corrected chi connectivity index (χ2v) is 10.6. The van der Waals surface area contributed by atoms with Crippen LogP contribution < -0.4 is 15.4 Å². The number of piperidine rings is 2. The highest BCUT2D eigenvalue weighted by Crippen LogP contribution is 2.35. The van der Waals surface area contributed by atoms with E-state index in [4.69, 9.17) is 10.5 Å². The normalized spacial score (nSPS) is 17.9. The molecule has 0 bridgehead atoms. The van der Waals surface area contributed by atoms with E-state index in [9.17, 15) is 18.0 Å². The maximum Gasteiger partial charge on any atom is 0.240 e. The van der Waals surface area contributed by atoms with Crippen LogP contribution in [0.15, 0.2) is 54.6 Å². The Morgan fingerprint density at radius 2 is 1.56 bits per heavy atom. The summed E-state index contributed by atoms with van der Waals surface area (Å²) in [6.45, 7) is 5.71. The van der Waals surface area contributed by atoms with Gasteiger partial charge in [-0.25, -0.2) is 13.2 Å². The highest BCUT2D eigenvalue weighted by molar-refractivity contribution is 5.85. The molecule has 0 radical (unpaired) electrons. The van der Waals surface area contributed by atoms with E-state index in [1.165, 1.54) is 11.1 Å². The summed E-state index contributed by atoms with van der Waals surface area (Å²) in [5.41, 5.74) is 10.5. The number of amides is 1. The Labute approximate surface area is 251 Å². The van der Waals surface area contributed by atoms with E-state index in [-0.39, 0.29) is 42.5 Å². The minimum atomic E-state index is -1.25. The number of ether oxygens (including phenoxy) is 1. The molecular weight excluding hydrogens is 574 g/mol. The molecule has 222 valence electrons. The molecule has 0 aliphatic carbocycles. The lowest BCUT2D eigenvalue weighted by atomic mass is 9.86. The molecule has 3 aromatic carbocycles. The van der Waals surface area contributed by atoms with Crippen molar-refractivity contribution in [3.05, 3.63) is 88.7 Å². The van der Waals surface area contributed by atoms with Gasteiger partial charge in [-0.05, 0) is 99.0 Å². The van der Waals surface area contributed by atoms with Gasteiger partial charge in [0.1, 0.15) is 11.8 Å². The first-order valence-corrected chi connectivity index (χ1v) is 13.6. The third-order valence-electron chi connectivity index (χ3n) is 7.99. The fourth-order valence-electron chi connectivity index (χ4n) is 5.82. The zero-order valence-electron chi connectivity index (χ0n) is 23.0. The van der Waals surface area contributed by atoms with Crippen LogP contribution in [0.3, 0.4) is 0 Å². The second kappa shape index (κ2) is 14.3. The highest BCUT2D eigenvalue weighted by Gasteiger charge is 2.28. The second-order valence-electron chi connectivity index (χ2n) is 10.6. The Balaban J connectivity index is 0.00000231. The van der Waals surface area contributed by atoms with E-state index in [0.717, 1.165) is 69.5 Å². The number of hydrogen-bond acceptors (Lipinski definition) is 4. The van der Waals surface area contributed by atoms with Gasteiger partial charge in [0.15, 0.2) is 23.2 Å². The molecule has 2 fully saturated rings. The topological polar surface area (TPSA) is 58.8 Å². The van der Waals surface area contributed by atoms with Crippen molar-refractivity contribution in [3.8, 4) is 11.5 Å². The van der Waals surface area contributed by atoms with Gasteiger partial charge in [-0.15, -0.1) is 24.8 Å². The third kappa shape index (κ3) is 7.67. The van der Waals surface area contributed by atoms with Crippen molar-refractivity contribution >= 4 is 36.4 Å². The zero-order valence-corrected chi connectivity index (χ0v) is 24.6. The van der Waals surface area contributed by atoms with Gasteiger partial charge < -0.3 is 15.4 Å². The Hall–Kier alpha value is -2.94. The Morgan fingerprint density at radius 3 is 2.24 bits per heavy atom. The van der Waals surface area contributed by atoms with E-state index < -0.39 is 17.5 Å². The van der Waals surface area contributed by atoms with Gasteiger partial charge >= 0.3 is 0 Å². The summed E-state index contributed by atoms with van der Waals surface area (Å²) in [6.07, 6.45) is 5.00. The Kier molecular flexibility index (Phi) is 11.4. The zero-order chi connectivity index (χ0) is 27.5. The molecule has 0 spiro atoms. The summed E-state index contributed by atoms with van der Waals surface area (Å²) in [4.78, 5) is 16.6. The first kappa shape index (κ1) is 32.6. The van der Waals surface area contributed by atoms with Crippen LogP contribution in [0.2, 0.25) is 0 Å². The fourth-order valence-corrected chi connectivity index (χ4v) is 5.82. The molecule has 3 aromatic rings. The van der Waals surface area contributed by atoms with Crippen molar-refractivity contribution in [2.75, 3.05) is 24.5 Å². The van der Waals surface area contributed by atoms with Gasteiger partial charge in [-0.2, -0.15) is 0 Å². The number of nitrogens with two attached hydrogens (primary N) is 1. The van der Waals surface area contributed by atoms with Gasteiger partial charge in [0, 0.05) is 30.9 Å². The monoisotopic (exact) mass is 609 g/mol. The lowest BCUT2D eigenvalue weighted by Crippen LogP contribution is -2.47.